The molecular weight excluding hydrogens is 254 g/mol. The van der Waals surface area contributed by atoms with Crippen molar-refractivity contribution >= 4 is 23.6 Å². The van der Waals surface area contributed by atoms with Gasteiger partial charge in [-0.1, -0.05) is 6.92 Å². The molecule has 2 saturated heterocycles. The largest absolute Gasteiger partial charge is 0.479 e. The van der Waals surface area contributed by atoms with Crippen LogP contribution in [0.4, 0.5) is 0 Å². The molecule has 4 atom stereocenters. The number of carbonyl (C=O) groups excluding carboxylic acids is 1. The van der Waals surface area contributed by atoms with E-state index in [-0.39, 0.29) is 11.3 Å². The fraction of sp³-hybridized carbons (Fsp3) is 0.833. The standard InChI is InChI=1S/C12H19NO4S/c1-5-12(10(16)17)11(3,4)18-9-7(6(2)14)8(15)13(9)12/h6-7,9,14H,5H2,1-4H3,(H,16,17)/t6?,7-,9+,12-/m0/s1. The normalized spacial score (nSPS) is 39.2. The first-order valence-electron chi connectivity index (χ1n) is 6.13. The number of carbonyl (C=O) groups is 2. The Balaban J connectivity index is 2.45. The highest BCUT2D eigenvalue weighted by Gasteiger charge is 2.72. The summed E-state index contributed by atoms with van der Waals surface area (Å²) in [6.45, 7) is 7.10. The summed E-state index contributed by atoms with van der Waals surface area (Å²) in [5.74, 6) is -1.67. The summed E-state index contributed by atoms with van der Waals surface area (Å²) in [4.78, 5) is 25.3. The molecule has 2 aliphatic heterocycles. The number of thioether (sulfide) groups is 1. The van der Waals surface area contributed by atoms with Crippen LogP contribution in [-0.2, 0) is 9.59 Å². The molecule has 0 aliphatic carbocycles. The first-order valence-corrected chi connectivity index (χ1v) is 7.01. The molecular formula is C12H19NO4S. The Kier molecular flexibility index (Phi) is 2.94. The van der Waals surface area contributed by atoms with E-state index in [0.717, 1.165) is 0 Å². The highest BCUT2D eigenvalue weighted by Crippen LogP contribution is 2.60. The number of carboxylic acid groups (broad SMARTS) is 1. The van der Waals surface area contributed by atoms with Gasteiger partial charge in [-0.25, -0.2) is 4.79 Å². The van der Waals surface area contributed by atoms with Crippen LogP contribution >= 0.6 is 11.8 Å². The molecule has 0 aromatic rings. The number of aliphatic hydroxyl groups is 1. The van der Waals surface area contributed by atoms with Crippen LogP contribution in [0.2, 0.25) is 0 Å². The van der Waals surface area contributed by atoms with E-state index >= 15 is 0 Å². The molecule has 0 spiro atoms. The maximum absolute atomic E-state index is 12.1. The van der Waals surface area contributed by atoms with Crippen molar-refractivity contribution in [2.45, 2.75) is 55.9 Å². The van der Waals surface area contributed by atoms with Gasteiger partial charge in [-0.15, -0.1) is 11.8 Å². The number of hydrogen-bond acceptors (Lipinski definition) is 4. The zero-order valence-corrected chi connectivity index (χ0v) is 11.8. The molecule has 6 heteroatoms. The molecule has 2 aliphatic rings. The van der Waals surface area contributed by atoms with E-state index in [1.165, 1.54) is 16.7 Å². The van der Waals surface area contributed by atoms with Gasteiger partial charge >= 0.3 is 5.97 Å². The molecule has 0 radical (unpaired) electrons. The Hall–Kier alpha value is -0.750. The number of carboxylic acids is 1. The van der Waals surface area contributed by atoms with Crippen LogP contribution in [0.15, 0.2) is 0 Å². The smallest absolute Gasteiger partial charge is 0.331 e. The predicted octanol–water partition coefficient (Wildman–Crippen LogP) is 0.910. The van der Waals surface area contributed by atoms with Crippen molar-refractivity contribution in [3.05, 3.63) is 0 Å². The van der Waals surface area contributed by atoms with Gasteiger partial charge in [0.15, 0.2) is 5.54 Å². The van der Waals surface area contributed by atoms with Crippen LogP contribution < -0.4 is 0 Å². The topological polar surface area (TPSA) is 77.8 Å². The van der Waals surface area contributed by atoms with Crippen molar-refractivity contribution in [3.63, 3.8) is 0 Å². The van der Waals surface area contributed by atoms with Crippen molar-refractivity contribution in [1.29, 1.82) is 0 Å². The van der Waals surface area contributed by atoms with Crippen LogP contribution in [0.1, 0.15) is 34.1 Å². The fourth-order valence-electron chi connectivity index (χ4n) is 3.26. The second-order valence-corrected chi connectivity index (χ2v) is 7.25. The van der Waals surface area contributed by atoms with Gasteiger partial charge in [-0.3, -0.25) is 4.79 Å². The van der Waals surface area contributed by atoms with E-state index in [4.69, 9.17) is 0 Å². The zero-order chi connectivity index (χ0) is 13.9. The molecule has 0 bridgehead atoms. The van der Waals surface area contributed by atoms with E-state index in [1.807, 2.05) is 13.8 Å². The van der Waals surface area contributed by atoms with Crippen LogP contribution in [0.5, 0.6) is 0 Å². The Morgan fingerprint density at radius 3 is 2.50 bits per heavy atom. The summed E-state index contributed by atoms with van der Waals surface area (Å²) in [5.41, 5.74) is -1.16. The molecule has 0 saturated carbocycles. The van der Waals surface area contributed by atoms with E-state index in [0.29, 0.717) is 6.42 Å². The minimum Gasteiger partial charge on any atom is -0.479 e. The summed E-state index contributed by atoms with van der Waals surface area (Å²) in [7, 11) is 0. The molecule has 5 nitrogen and oxygen atoms in total. The number of hydrogen-bond donors (Lipinski definition) is 2. The number of aliphatic hydroxyl groups excluding tert-OH is 1. The first-order chi connectivity index (χ1) is 8.20. The highest BCUT2D eigenvalue weighted by atomic mass is 32.2. The summed E-state index contributed by atoms with van der Waals surface area (Å²) in [5, 5.41) is 19.0. The van der Waals surface area contributed by atoms with Crippen LogP contribution in [0, 0.1) is 5.92 Å². The molecule has 1 unspecified atom stereocenters. The molecule has 2 fully saturated rings. The van der Waals surface area contributed by atoms with Crippen LogP contribution in [0.3, 0.4) is 0 Å². The molecule has 2 rings (SSSR count). The summed E-state index contributed by atoms with van der Waals surface area (Å²) >= 11 is 1.48. The number of fused-ring (bicyclic) bond motifs is 1. The first kappa shape index (κ1) is 13.7. The highest BCUT2D eigenvalue weighted by molar-refractivity contribution is 8.01. The molecule has 2 heterocycles. The van der Waals surface area contributed by atoms with Crippen molar-refractivity contribution in [2.75, 3.05) is 0 Å². The fourth-order valence-corrected chi connectivity index (χ4v) is 5.27. The van der Waals surface area contributed by atoms with Crippen molar-refractivity contribution in [2.24, 2.45) is 5.92 Å². The average Bonchev–Trinajstić information content (AvgIpc) is 2.42. The molecule has 102 valence electrons. The quantitative estimate of drug-likeness (QED) is 0.747. The monoisotopic (exact) mass is 273 g/mol. The van der Waals surface area contributed by atoms with E-state index in [1.54, 1.807) is 13.8 Å². The number of rotatable bonds is 3. The minimum absolute atomic E-state index is 0.219. The number of aliphatic carboxylic acids is 1. The van der Waals surface area contributed by atoms with Crippen molar-refractivity contribution in [1.82, 2.24) is 4.90 Å². The summed E-state index contributed by atoms with van der Waals surface area (Å²) in [6, 6.07) is 0. The predicted molar refractivity (Wildman–Crippen MR) is 68.1 cm³/mol. The van der Waals surface area contributed by atoms with Crippen molar-refractivity contribution in [3.8, 4) is 0 Å². The van der Waals surface area contributed by atoms with E-state index in [2.05, 4.69) is 0 Å². The van der Waals surface area contributed by atoms with Gasteiger partial charge in [-0.2, -0.15) is 0 Å². The van der Waals surface area contributed by atoms with Gasteiger partial charge in [0.05, 0.1) is 17.4 Å². The SMILES string of the molecule is CC[C@@]1(C(=O)O)N2C(=O)[C@H](C(C)O)[C@H]2SC1(C)C. The van der Waals surface area contributed by atoms with Gasteiger partial charge in [0.25, 0.3) is 0 Å². The lowest BCUT2D eigenvalue weighted by molar-refractivity contribution is -0.179. The van der Waals surface area contributed by atoms with Crippen LogP contribution in [0.25, 0.3) is 0 Å². The maximum Gasteiger partial charge on any atom is 0.331 e. The molecule has 1 amide bonds. The lowest BCUT2D eigenvalue weighted by Gasteiger charge is -2.50. The summed E-state index contributed by atoms with van der Waals surface area (Å²) in [6.07, 6.45) is -0.361. The Morgan fingerprint density at radius 1 is 1.56 bits per heavy atom. The zero-order valence-electron chi connectivity index (χ0n) is 11.0. The Labute approximate surface area is 111 Å². The second kappa shape index (κ2) is 3.87. The third-order valence-electron chi connectivity index (χ3n) is 4.29. The number of nitrogens with zero attached hydrogens (tertiary/aromatic N) is 1. The van der Waals surface area contributed by atoms with E-state index in [9.17, 15) is 19.8 Å². The number of amides is 1. The van der Waals surface area contributed by atoms with Crippen molar-refractivity contribution < 1.29 is 19.8 Å². The molecule has 18 heavy (non-hydrogen) atoms. The minimum atomic E-state index is -1.16. The summed E-state index contributed by atoms with van der Waals surface area (Å²) < 4.78 is -0.558. The lowest BCUT2D eigenvalue weighted by Crippen LogP contribution is -2.71. The average molecular weight is 273 g/mol. The second-order valence-electron chi connectivity index (χ2n) is 5.51. The third-order valence-corrected chi connectivity index (χ3v) is 5.96. The Bertz CT molecular complexity index is 409. The van der Waals surface area contributed by atoms with Gasteiger partial charge in [0.2, 0.25) is 5.91 Å². The Morgan fingerprint density at radius 2 is 2.11 bits per heavy atom. The van der Waals surface area contributed by atoms with Gasteiger partial charge in [-0.05, 0) is 27.2 Å². The lowest BCUT2D eigenvalue weighted by atomic mass is 9.77. The van der Waals surface area contributed by atoms with E-state index < -0.39 is 28.3 Å². The molecule has 2 N–H and O–H groups in total. The van der Waals surface area contributed by atoms with Crippen LogP contribution in [-0.4, -0.2) is 48.8 Å². The molecule has 0 aromatic heterocycles. The maximum atomic E-state index is 12.1. The van der Waals surface area contributed by atoms with Gasteiger partial charge in [0.1, 0.15) is 0 Å². The van der Waals surface area contributed by atoms with Gasteiger partial charge < -0.3 is 15.1 Å². The third kappa shape index (κ3) is 1.33. The number of β-lactam (4-membered cyclic amide) rings is 1. The molecule has 0 aromatic carbocycles. The van der Waals surface area contributed by atoms with Gasteiger partial charge in [0, 0.05) is 4.75 Å².